The average Bonchev–Trinajstić information content (AvgIpc) is 2.76. The van der Waals surface area contributed by atoms with Crippen molar-refractivity contribution >= 4 is 33.9 Å². The molecule has 0 saturated carbocycles. The molecule has 1 N–H and O–H groups in total. The zero-order valence-corrected chi connectivity index (χ0v) is 13.6. The first-order valence-electron chi connectivity index (χ1n) is 6.05. The van der Waals surface area contributed by atoms with Gasteiger partial charge in [0.05, 0.1) is 10.7 Å². The summed E-state index contributed by atoms with van der Waals surface area (Å²) in [5.74, 6) is 0. The molecule has 1 unspecified atom stereocenters. The summed E-state index contributed by atoms with van der Waals surface area (Å²) in [7, 11) is 0. The minimum atomic E-state index is 0.390. The second kappa shape index (κ2) is 6.63. The van der Waals surface area contributed by atoms with E-state index in [9.17, 15) is 0 Å². The van der Waals surface area contributed by atoms with Crippen LogP contribution in [-0.4, -0.2) is 11.5 Å². The number of hydrogen-bond donors (Lipinski definition) is 1. The first-order chi connectivity index (χ1) is 8.65. The topological polar surface area (TPSA) is 24.9 Å². The van der Waals surface area contributed by atoms with Crippen molar-refractivity contribution in [1.29, 1.82) is 0 Å². The first kappa shape index (κ1) is 14.0. The number of rotatable bonds is 5. The fourth-order valence-corrected chi connectivity index (χ4v) is 2.82. The molecule has 1 aromatic carbocycles. The van der Waals surface area contributed by atoms with Crippen LogP contribution in [0.3, 0.4) is 0 Å². The Morgan fingerprint density at radius 3 is 2.67 bits per heavy atom. The van der Waals surface area contributed by atoms with E-state index in [1.165, 1.54) is 14.8 Å². The van der Waals surface area contributed by atoms with Gasteiger partial charge in [-0.3, -0.25) is 0 Å². The molecular weight excluding hydrogens is 355 g/mol. The maximum Gasteiger partial charge on any atom is 0.0897 e. The lowest BCUT2D eigenvalue weighted by molar-refractivity contribution is 0.574. The highest BCUT2D eigenvalue weighted by molar-refractivity contribution is 14.1. The molecule has 96 valence electrons. The van der Waals surface area contributed by atoms with Crippen LogP contribution < -0.4 is 5.32 Å². The summed E-state index contributed by atoms with van der Waals surface area (Å²) in [5.41, 5.74) is 2.53. The van der Waals surface area contributed by atoms with Crippen molar-refractivity contribution in [1.82, 2.24) is 10.3 Å². The summed E-state index contributed by atoms with van der Waals surface area (Å²) < 4.78 is 1.28. The Kier molecular flexibility index (Phi) is 5.14. The number of aryl methyl sites for hydroxylation is 1. The van der Waals surface area contributed by atoms with Gasteiger partial charge in [-0.15, -0.1) is 11.3 Å². The van der Waals surface area contributed by atoms with E-state index in [-0.39, 0.29) is 0 Å². The Labute approximate surface area is 126 Å². The van der Waals surface area contributed by atoms with E-state index in [0.29, 0.717) is 6.04 Å². The average molecular weight is 372 g/mol. The lowest BCUT2D eigenvalue weighted by atomic mass is 10.1. The van der Waals surface area contributed by atoms with Crippen LogP contribution in [0.5, 0.6) is 0 Å². The maximum atomic E-state index is 4.47. The molecule has 1 atom stereocenters. The van der Waals surface area contributed by atoms with Gasteiger partial charge < -0.3 is 5.32 Å². The van der Waals surface area contributed by atoms with Crippen LogP contribution in [0, 0.1) is 10.5 Å². The third-order valence-electron chi connectivity index (χ3n) is 2.87. The summed E-state index contributed by atoms with van der Waals surface area (Å²) in [4.78, 5) is 4.47. The van der Waals surface area contributed by atoms with Gasteiger partial charge in [-0.2, -0.15) is 0 Å². The molecule has 0 spiro atoms. The molecule has 0 bridgehead atoms. The van der Waals surface area contributed by atoms with Crippen molar-refractivity contribution in [3.8, 4) is 0 Å². The van der Waals surface area contributed by atoms with E-state index in [1.54, 1.807) is 11.3 Å². The molecule has 4 heteroatoms. The second-order valence-corrected chi connectivity index (χ2v) is 6.64. The summed E-state index contributed by atoms with van der Waals surface area (Å²) in [5, 5.41) is 6.83. The van der Waals surface area contributed by atoms with Gasteiger partial charge in [0.25, 0.3) is 0 Å². The zero-order valence-electron chi connectivity index (χ0n) is 10.6. The van der Waals surface area contributed by atoms with Gasteiger partial charge in [-0.05, 0) is 54.1 Å². The van der Waals surface area contributed by atoms with Crippen LogP contribution in [-0.2, 0) is 6.42 Å². The van der Waals surface area contributed by atoms with Crippen molar-refractivity contribution in [2.75, 3.05) is 6.54 Å². The maximum absolute atomic E-state index is 4.47. The zero-order chi connectivity index (χ0) is 13.0. The smallest absolute Gasteiger partial charge is 0.0897 e. The van der Waals surface area contributed by atoms with Gasteiger partial charge in [0, 0.05) is 28.0 Å². The largest absolute Gasteiger partial charge is 0.310 e. The fraction of sp³-hybridized carbons (Fsp3) is 0.357. The van der Waals surface area contributed by atoms with Gasteiger partial charge in [0.1, 0.15) is 0 Å². The molecular formula is C14H17IN2S. The number of nitrogens with zero attached hydrogens (tertiary/aromatic N) is 1. The molecule has 0 aliphatic heterocycles. The van der Waals surface area contributed by atoms with Gasteiger partial charge in [-0.1, -0.05) is 12.1 Å². The third kappa shape index (κ3) is 4.03. The van der Waals surface area contributed by atoms with E-state index in [4.69, 9.17) is 0 Å². The molecule has 0 saturated heterocycles. The van der Waals surface area contributed by atoms with E-state index in [1.807, 2.05) is 0 Å². The highest BCUT2D eigenvalue weighted by Crippen LogP contribution is 2.14. The Morgan fingerprint density at radius 1 is 1.33 bits per heavy atom. The van der Waals surface area contributed by atoms with Crippen LogP contribution in [0.15, 0.2) is 29.6 Å². The number of thiazole rings is 1. The van der Waals surface area contributed by atoms with Crippen LogP contribution in [0.25, 0.3) is 0 Å². The Morgan fingerprint density at radius 2 is 2.06 bits per heavy atom. The summed E-state index contributed by atoms with van der Waals surface area (Å²) in [6.07, 6.45) is 0.999. The predicted octanol–water partition coefficient (Wildman–Crippen LogP) is 3.95. The van der Waals surface area contributed by atoms with Crippen molar-refractivity contribution in [3.63, 3.8) is 0 Å². The number of aromatic nitrogens is 1. The highest BCUT2D eigenvalue weighted by Gasteiger charge is 2.05. The lowest BCUT2D eigenvalue weighted by Crippen LogP contribution is -2.21. The van der Waals surface area contributed by atoms with Crippen LogP contribution >= 0.6 is 33.9 Å². The molecule has 18 heavy (non-hydrogen) atoms. The number of halogens is 1. The number of nitrogens with one attached hydrogen (secondary N) is 1. The Balaban J connectivity index is 1.81. The van der Waals surface area contributed by atoms with E-state index in [0.717, 1.165) is 18.0 Å². The summed E-state index contributed by atoms with van der Waals surface area (Å²) >= 11 is 4.05. The second-order valence-electron chi connectivity index (χ2n) is 4.34. The van der Waals surface area contributed by atoms with Gasteiger partial charge in [-0.25, -0.2) is 4.98 Å². The van der Waals surface area contributed by atoms with Crippen molar-refractivity contribution in [2.24, 2.45) is 0 Å². The highest BCUT2D eigenvalue weighted by atomic mass is 127. The monoisotopic (exact) mass is 372 g/mol. The Bertz CT molecular complexity index is 493. The van der Waals surface area contributed by atoms with Crippen LogP contribution in [0.2, 0.25) is 0 Å². The van der Waals surface area contributed by atoms with Crippen LogP contribution in [0.1, 0.15) is 29.2 Å². The molecule has 0 amide bonds. The number of hydrogen-bond acceptors (Lipinski definition) is 3. The van der Waals surface area contributed by atoms with Crippen molar-refractivity contribution in [3.05, 3.63) is 49.5 Å². The molecule has 1 aromatic heterocycles. The molecule has 0 aliphatic carbocycles. The molecule has 2 aromatic rings. The Hall–Kier alpha value is -0.460. The fourth-order valence-electron chi connectivity index (χ4n) is 1.81. The normalized spacial score (nSPS) is 12.6. The lowest BCUT2D eigenvalue weighted by Gasteiger charge is -2.13. The SMILES string of the molecule is Cc1nc(CCNC(C)c2ccc(I)cc2)cs1. The molecule has 2 nitrogen and oxygen atoms in total. The summed E-state index contributed by atoms with van der Waals surface area (Å²) in [6.45, 7) is 5.22. The third-order valence-corrected chi connectivity index (χ3v) is 4.41. The van der Waals surface area contributed by atoms with Gasteiger partial charge in [0.15, 0.2) is 0 Å². The molecule has 0 radical (unpaired) electrons. The summed E-state index contributed by atoms with van der Waals surface area (Å²) in [6, 6.07) is 9.07. The van der Waals surface area contributed by atoms with Crippen molar-refractivity contribution in [2.45, 2.75) is 26.3 Å². The molecule has 0 fully saturated rings. The van der Waals surface area contributed by atoms with E-state index < -0.39 is 0 Å². The van der Waals surface area contributed by atoms with Gasteiger partial charge >= 0.3 is 0 Å². The quantitative estimate of drug-likeness (QED) is 0.804. The molecule has 1 heterocycles. The minimum Gasteiger partial charge on any atom is -0.310 e. The molecule has 0 aliphatic rings. The van der Waals surface area contributed by atoms with E-state index >= 15 is 0 Å². The molecule has 2 rings (SSSR count). The van der Waals surface area contributed by atoms with E-state index in [2.05, 4.69) is 76.4 Å². The number of benzene rings is 1. The van der Waals surface area contributed by atoms with Crippen LogP contribution in [0.4, 0.5) is 0 Å². The van der Waals surface area contributed by atoms with Gasteiger partial charge in [0.2, 0.25) is 0 Å². The first-order valence-corrected chi connectivity index (χ1v) is 8.01. The predicted molar refractivity (Wildman–Crippen MR) is 86.1 cm³/mol. The standard InChI is InChI=1S/C14H17IN2S/c1-10(12-3-5-13(15)6-4-12)16-8-7-14-9-18-11(2)17-14/h3-6,9-10,16H,7-8H2,1-2H3. The minimum absolute atomic E-state index is 0.390. The van der Waals surface area contributed by atoms with Crippen molar-refractivity contribution < 1.29 is 0 Å².